The molecule has 0 aliphatic rings. The fraction of sp³-hybridized carbons (Fsp3) is 0.360. The van der Waals surface area contributed by atoms with Crippen LogP contribution in [-0.2, 0) is 28.1 Å². The van der Waals surface area contributed by atoms with Gasteiger partial charge in [0, 0.05) is 0 Å². The number of aliphatic hydroxyl groups excluding tert-OH is 1. The lowest BCUT2D eigenvalue weighted by atomic mass is 9.93. The number of rotatable bonds is 12. The Labute approximate surface area is 198 Å². The Kier molecular flexibility index (Phi) is 9.03. The van der Waals surface area contributed by atoms with Crippen LogP contribution in [0.4, 0.5) is 13.2 Å². The first-order valence-corrected chi connectivity index (χ1v) is 11.6. The fourth-order valence-corrected chi connectivity index (χ4v) is 4.09. The van der Waals surface area contributed by atoms with Crippen LogP contribution in [0.1, 0.15) is 29.5 Å². The number of halogens is 3. The molecule has 0 aliphatic carbocycles. The first kappa shape index (κ1) is 26.1. The largest absolute Gasteiger partial charge is 0.493 e. The van der Waals surface area contributed by atoms with Crippen LogP contribution in [0, 0.1) is 0 Å². The predicted molar refractivity (Wildman–Crippen MR) is 125 cm³/mol. The summed E-state index contributed by atoms with van der Waals surface area (Å²) in [5, 5.41) is 11.7. The summed E-state index contributed by atoms with van der Waals surface area (Å²) in [5.41, 5.74) is 5.46. The van der Waals surface area contributed by atoms with Gasteiger partial charge in [0.1, 0.15) is 5.75 Å². The van der Waals surface area contributed by atoms with Crippen molar-refractivity contribution in [3.05, 3.63) is 77.4 Å². The molecular formula is C25H27F3NO4P. The molecular weight excluding hydrogens is 466 g/mol. The van der Waals surface area contributed by atoms with E-state index in [0.29, 0.717) is 18.4 Å². The first-order chi connectivity index (χ1) is 16.3. The Hall–Kier alpha value is -2.51. The monoisotopic (exact) mass is 493 g/mol. The van der Waals surface area contributed by atoms with E-state index < -0.39 is 32.6 Å². The summed E-state index contributed by atoms with van der Waals surface area (Å²) in [6.07, 6.45) is -2.99. The molecule has 5 nitrogen and oxygen atoms in total. The summed E-state index contributed by atoms with van der Waals surface area (Å²) in [4.78, 5) is 0. The van der Waals surface area contributed by atoms with Crippen LogP contribution < -0.4 is 10.5 Å². The lowest BCUT2D eigenvalue weighted by Gasteiger charge is -2.25. The quantitative estimate of drug-likeness (QED) is 0.249. The molecule has 34 heavy (non-hydrogen) atoms. The highest BCUT2D eigenvalue weighted by Crippen LogP contribution is 2.37. The first-order valence-electron chi connectivity index (χ1n) is 10.9. The summed E-state index contributed by atoms with van der Waals surface area (Å²) >= 11 is 0. The van der Waals surface area contributed by atoms with E-state index in [-0.39, 0.29) is 31.8 Å². The molecule has 1 unspecified atom stereocenters. The predicted octanol–water partition coefficient (Wildman–Crippen LogP) is 5.72. The summed E-state index contributed by atoms with van der Waals surface area (Å²) in [6.45, 7) is -0.487. The molecule has 3 aromatic rings. The van der Waals surface area contributed by atoms with E-state index in [1.54, 1.807) is 6.07 Å². The number of fused-ring (bicyclic) bond motifs is 1. The second-order valence-corrected chi connectivity index (χ2v) is 8.69. The Balaban J connectivity index is 1.64. The molecule has 0 amide bonds. The average molecular weight is 493 g/mol. The molecule has 3 rings (SSSR count). The number of hydrogen-bond acceptors (Lipinski definition) is 5. The van der Waals surface area contributed by atoms with Crippen LogP contribution in [0.25, 0.3) is 10.8 Å². The number of hydrogen-bond donors (Lipinski definition) is 2. The summed E-state index contributed by atoms with van der Waals surface area (Å²) in [7, 11) is -0.576. The number of nitrogens with two attached hydrogens (primary N) is 1. The Morgan fingerprint density at radius 1 is 1.00 bits per heavy atom. The van der Waals surface area contributed by atoms with E-state index in [4.69, 9.17) is 15.0 Å². The number of ether oxygens (including phenoxy) is 1. The van der Waals surface area contributed by atoms with Gasteiger partial charge in [-0.3, -0.25) is 4.52 Å². The molecule has 3 N–H and O–H groups in total. The third kappa shape index (κ3) is 7.00. The zero-order chi connectivity index (χ0) is 24.6. The minimum absolute atomic E-state index is 0.147. The van der Waals surface area contributed by atoms with Crippen LogP contribution in [0.5, 0.6) is 5.75 Å². The van der Waals surface area contributed by atoms with Gasteiger partial charge in [-0.05, 0) is 59.7 Å². The van der Waals surface area contributed by atoms with Crippen LogP contribution in [-0.4, -0.2) is 30.5 Å². The van der Waals surface area contributed by atoms with E-state index in [9.17, 15) is 22.8 Å². The van der Waals surface area contributed by atoms with Gasteiger partial charge in [0.25, 0.3) is 0 Å². The van der Waals surface area contributed by atoms with Crippen molar-refractivity contribution in [2.75, 3.05) is 19.8 Å². The molecule has 0 radical (unpaired) electrons. The standard InChI is InChI=1S/C25H27F3NO4P/c26-25(27,28)22-15-18(12-13-24(29,16-30)17-33-34-31)10-11-23(22)32-14-4-8-20-7-3-6-19-5-1-2-9-21(19)20/h1-3,5-7,9-11,15,30H,4,8,12-14,16-17,29H2. The third-order valence-electron chi connectivity index (χ3n) is 5.71. The molecule has 0 fully saturated rings. The van der Waals surface area contributed by atoms with E-state index >= 15 is 0 Å². The van der Waals surface area contributed by atoms with Gasteiger partial charge in [-0.1, -0.05) is 48.5 Å². The van der Waals surface area contributed by atoms with Gasteiger partial charge in [-0.25, -0.2) is 4.57 Å². The van der Waals surface area contributed by atoms with E-state index in [0.717, 1.165) is 22.4 Å². The minimum Gasteiger partial charge on any atom is -0.493 e. The topological polar surface area (TPSA) is 81.8 Å². The Bertz CT molecular complexity index is 1100. The van der Waals surface area contributed by atoms with Crippen molar-refractivity contribution < 1.29 is 32.1 Å². The highest BCUT2D eigenvalue weighted by molar-refractivity contribution is 7.17. The van der Waals surface area contributed by atoms with E-state index in [1.807, 2.05) is 42.5 Å². The van der Waals surface area contributed by atoms with Crippen LogP contribution in [0.3, 0.4) is 0 Å². The molecule has 0 aliphatic heterocycles. The number of aryl methyl sites for hydroxylation is 2. The molecule has 1 atom stereocenters. The highest BCUT2D eigenvalue weighted by atomic mass is 31.1. The maximum absolute atomic E-state index is 13.7. The zero-order valence-corrected chi connectivity index (χ0v) is 19.4. The number of benzene rings is 3. The summed E-state index contributed by atoms with van der Waals surface area (Å²) in [6, 6.07) is 17.9. The molecule has 0 spiro atoms. The normalized spacial score (nSPS) is 13.8. The molecule has 3 aromatic carbocycles. The molecule has 0 aromatic heterocycles. The molecule has 0 saturated heterocycles. The molecule has 0 saturated carbocycles. The second kappa shape index (κ2) is 11.8. The van der Waals surface area contributed by atoms with Gasteiger partial charge in [0.05, 0.1) is 30.9 Å². The molecule has 9 heteroatoms. The van der Waals surface area contributed by atoms with Gasteiger partial charge >= 0.3 is 14.9 Å². The van der Waals surface area contributed by atoms with Crippen molar-refractivity contribution in [1.82, 2.24) is 0 Å². The van der Waals surface area contributed by atoms with Crippen molar-refractivity contribution >= 4 is 19.5 Å². The van der Waals surface area contributed by atoms with Gasteiger partial charge in [0.2, 0.25) is 0 Å². The lowest BCUT2D eigenvalue weighted by molar-refractivity contribution is -0.139. The summed E-state index contributed by atoms with van der Waals surface area (Å²) in [5.74, 6) is -0.219. The van der Waals surface area contributed by atoms with Crippen LogP contribution in [0.2, 0.25) is 0 Å². The van der Waals surface area contributed by atoms with Crippen molar-refractivity contribution in [2.45, 2.75) is 37.4 Å². The maximum Gasteiger partial charge on any atom is 0.419 e. The van der Waals surface area contributed by atoms with Crippen LogP contribution >= 0.6 is 8.69 Å². The second-order valence-electron chi connectivity index (χ2n) is 8.29. The smallest absolute Gasteiger partial charge is 0.419 e. The molecule has 0 heterocycles. The van der Waals surface area contributed by atoms with Gasteiger partial charge in [-0.2, -0.15) is 13.2 Å². The van der Waals surface area contributed by atoms with Crippen molar-refractivity contribution in [3.63, 3.8) is 0 Å². The Morgan fingerprint density at radius 2 is 1.76 bits per heavy atom. The SMILES string of the molecule is NC(CO)(CCc1ccc(OCCCc2cccc3ccccc23)c(C(F)(F)F)c1)COP=O. The van der Waals surface area contributed by atoms with Crippen molar-refractivity contribution in [3.8, 4) is 5.75 Å². The molecule has 182 valence electrons. The number of alkyl halides is 3. The average Bonchev–Trinajstić information content (AvgIpc) is 2.84. The zero-order valence-electron chi connectivity index (χ0n) is 18.6. The minimum atomic E-state index is -4.58. The van der Waals surface area contributed by atoms with E-state index in [1.165, 1.54) is 6.07 Å². The van der Waals surface area contributed by atoms with Crippen molar-refractivity contribution in [2.24, 2.45) is 5.73 Å². The Morgan fingerprint density at radius 3 is 2.50 bits per heavy atom. The van der Waals surface area contributed by atoms with Gasteiger partial charge in [0.15, 0.2) is 0 Å². The van der Waals surface area contributed by atoms with Crippen LogP contribution in [0.15, 0.2) is 60.7 Å². The highest BCUT2D eigenvalue weighted by Gasteiger charge is 2.35. The number of aliphatic hydroxyl groups is 1. The maximum atomic E-state index is 13.7. The lowest BCUT2D eigenvalue weighted by Crippen LogP contribution is -2.47. The molecule has 0 bridgehead atoms. The third-order valence-corrected chi connectivity index (χ3v) is 5.94. The fourth-order valence-electron chi connectivity index (χ4n) is 3.78. The van der Waals surface area contributed by atoms with Crippen molar-refractivity contribution in [1.29, 1.82) is 0 Å². The summed E-state index contributed by atoms with van der Waals surface area (Å²) < 4.78 is 61.8. The van der Waals surface area contributed by atoms with E-state index in [2.05, 4.69) is 0 Å². The van der Waals surface area contributed by atoms with Gasteiger partial charge < -0.3 is 15.6 Å². The van der Waals surface area contributed by atoms with Gasteiger partial charge in [-0.15, -0.1) is 0 Å².